The van der Waals surface area contributed by atoms with Gasteiger partial charge < -0.3 is 29.7 Å². The minimum absolute atomic E-state index is 0.180. The summed E-state index contributed by atoms with van der Waals surface area (Å²) in [5.41, 5.74) is -1.41. The number of aryl methyl sites for hydroxylation is 1. The lowest BCUT2D eigenvalue weighted by Crippen LogP contribution is -2.61. The van der Waals surface area contributed by atoms with Gasteiger partial charge >= 0.3 is 6.09 Å². The van der Waals surface area contributed by atoms with E-state index >= 15 is 0 Å². The van der Waals surface area contributed by atoms with Gasteiger partial charge in [-0.1, -0.05) is 40.5 Å². The molecule has 3 N–H and O–H groups in total. The number of sulfonamides is 1. The van der Waals surface area contributed by atoms with Gasteiger partial charge in [0, 0.05) is 12.0 Å². The van der Waals surface area contributed by atoms with Crippen molar-refractivity contribution in [3.05, 3.63) is 23.9 Å². The summed E-state index contributed by atoms with van der Waals surface area (Å²) in [4.78, 5) is 67.7. The number of hydrogen-bond donors (Lipinski definition) is 3. The molecule has 15 nitrogen and oxygen atoms in total. The van der Waals surface area contributed by atoms with Gasteiger partial charge in [-0.15, -0.1) is 0 Å². The van der Waals surface area contributed by atoms with Crippen LogP contribution in [0.15, 0.2) is 18.2 Å². The highest BCUT2D eigenvalue weighted by Gasteiger charge is 2.67. The fourth-order valence-electron chi connectivity index (χ4n) is 9.63. The number of nitrogens with one attached hydrogen (secondary N) is 3. The molecule has 322 valence electrons. The van der Waals surface area contributed by atoms with Crippen molar-refractivity contribution in [2.45, 2.75) is 133 Å². The number of alkyl halides is 2. The molecule has 10 atom stereocenters. The number of carbonyl (C=O) groups excluding carboxylic acids is 4. The fraction of sp³-hybridized carbons (Fsp3) is 0.707. The van der Waals surface area contributed by atoms with Gasteiger partial charge in [0.15, 0.2) is 0 Å². The molecule has 1 aromatic carbocycles. The zero-order valence-corrected chi connectivity index (χ0v) is 34.9. The van der Waals surface area contributed by atoms with Gasteiger partial charge in [-0.3, -0.25) is 19.1 Å². The summed E-state index contributed by atoms with van der Waals surface area (Å²) in [6.45, 7) is 6.78. The molecular weight excluding hydrogens is 791 g/mol. The summed E-state index contributed by atoms with van der Waals surface area (Å²) in [5, 5.41) is 4.48. The third-order valence-electron chi connectivity index (χ3n) is 13.4. The molecule has 1 aromatic heterocycles. The molecule has 18 heteroatoms. The van der Waals surface area contributed by atoms with E-state index in [4.69, 9.17) is 24.2 Å². The van der Waals surface area contributed by atoms with Crippen LogP contribution in [0.3, 0.4) is 0 Å². The van der Waals surface area contributed by atoms with Crippen molar-refractivity contribution in [2.75, 3.05) is 13.7 Å². The molecule has 4 amide bonds. The standard InChI is InChI=1S/C41H54F2N6O9S/c1-20-31-19-49(32(20)35(50)47-41(18-26(41)34(42)43)38(52)48-59(54,55)23-12-13-23)37(51)33(40(2,3)4)46-39(53)58-30-16-21-15-25(21)24(30)9-7-6-8-10-28-36(57-31)45-29-17-22(56-5)11-14-27(29)44-28/h11,14,17,20-21,23-26,30-34H,6-10,12-13,15-16,18-19H2,1-5H3,(H,46,53)(H,47,50)(H,48,52)/t20-,21+,24-,25+,26?,30-,31+,32+,33-,41-/m1/s1. The number of methoxy groups -OCH3 is 1. The van der Waals surface area contributed by atoms with E-state index in [-0.39, 0.29) is 24.4 Å². The Kier molecular flexibility index (Phi) is 10.7. The summed E-state index contributed by atoms with van der Waals surface area (Å²) >= 11 is 0. The van der Waals surface area contributed by atoms with E-state index in [1.165, 1.54) is 12.0 Å². The van der Waals surface area contributed by atoms with Gasteiger partial charge in [-0.2, -0.15) is 0 Å². The zero-order valence-electron chi connectivity index (χ0n) is 34.0. The van der Waals surface area contributed by atoms with Crippen molar-refractivity contribution in [3.63, 3.8) is 0 Å². The lowest BCUT2D eigenvalue weighted by atomic mass is 9.85. The molecule has 2 aromatic rings. The summed E-state index contributed by atoms with van der Waals surface area (Å²) in [6, 6.07) is 2.73. The molecule has 5 fully saturated rings. The van der Waals surface area contributed by atoms with Gasteiger partial charge in [0.2, 0.25) is 34.1 Å². The number of carbonyl (C=O) groups is 4. The maximum absolute atomic E-state index is 14.9. The van der Waals surface area contributed by atoms with Crippen LogP contribution >= 0.6 is 0 Å². The van der Waals surface area contributed by atoms with Crippen LogP contribution in [0, 0.1) is 35.0 Å². The second-order valence-electron chi connectivity index (χ2n) is 18.6. The number of rotatable bonds is 7. The number of aromatic nitrogens is 2. The molecule has 8 rings (SSSR count). The molecule has 2 bridgehead atoms. The Bertz CT molecular complexity index is 2130. The van der Waals surface area contributed by atoms with E-state index < -0.39 is 92.9 Å². The highest BCUT2D eigenvalue weighted by molar-refractivity contribution is 7.91. The van der Waals surface area contributed by atoms with Crippen LogP contribution in [0.25, 0.3) is 11.0 Å². The molecular formula is C41H54F2N6O9S. The van der Waals surface area contributed by atoms with Gasteiger partial charge in [-0.05, 0) is 86.7 Å². The number of hydrogen-bond acceptors (Lipinski definition) is 11. The predicted octanol–water partition coefficient (Wildman–Crippen LogP) is 4.26. The number of fused-ring (bicyclic) bond motifs is 7. The van der Waals surface area contributed by atoms with E-state index in [1.807, 2.05) is 10.8 Å². The van der Waals surface area contributed by atoms with Crippen LogP contribution in [-0.4, -0.2) is 102 Å². The number of nitrogens with zero attached hydrogens (tertiary/aromatic N) is 3. The maximum Gasteiger partial charge on any atom is 0.408 e. The van der Waals surface area contributed by atoms with E-state index in [2.05, 4.69) is 10.6 Å². The van der Waals surface area contributed by atoms with Crippen molar-refractivity contribution in [2.24, 2.45) is 35.0 Å². The first-order valence-electron chi connectivity index (χ1n) is 20.9. The van der Waals surface area contributed by atoms with Crippen LogP contribution in [0.5, 0.6) is 11.6 Å². The normalized spacial score (nSPS) is 33.6. The zero-order chi connectivity index (χ0) is 42.2. The third kappa shape index (κ3) is 8.13. The minimum atomic E-state index is -4.14. The van der Waals surface area contributed by atoms with Crippen LogP contribution in [0.1, 0.15) is 91.2 Å². The number of amides is 4. The fourth-order valence-corrected chi connectivity index (χ4v) is 11.0. The predicted molar refractivity (Wildman–Crippen MR) is 209 cm³/mol. The number of benzene rings is 1. The highest BCUT2D eigenvalue weighted by atomic mass is 32.2. The smallest absolute Gasteiger partial charge is 0.408 e. The third-order valence-corrected chi connectivity index (χ3v) is 15.2. The molecule has 3 heterocycles. The molecule has 59 heavy (non-hydrogen) atoms. The van der Waals surface area contributed by atoms with Crippen LogP contribution in [0.4, 0.5) is 13.6 Å². The first kappa shape index (κ1) is 41.4. The quantitative estimate of drug-likeness (QED) is 0.361. The van der Waals surface area contributed by atoms with Crippen molar-refractivity contribution in [1.29, 1.82) is 0 Å². The Morgan fingerprint density at radius 2 is 1.78 bits per heavy atom. The van der Waals surface area contributed by atoms with Crippen LogP contribution in [0.2, 0.25) is 0 Å². The van der Waals surface area contributed by atoms with E-state index in [1.54, 1.807) is 39.8 Å². The van der Waals surface area contributed by atoms with Gasteiger partial charge in [0.1, 0.15) is 41.3 Å². The summed E-state index contributed by atoms with van der Waals surface area (Å²) in [6.07, 6.45) is 1.07. The van der Waals surface area contributed by atoms with Gasteiger partial charge in [0.25, 0.3) is 5.91 Å². The van der Waals surface area contributed by atoms with Gasteiger partial charge in [0.05, 0.1) is 35.9 Å². The Morgan fingerprint density at radius 1 is 1.02 bits per heavy atom. The summed E-state index contributed by atoms with van der Waals surface area (Å²) in [7, 11) is -2.60. The lowest BCUT2D eigenvalue weighted by Gasteiger charge is -2.36. The number of halogens is 2. The monoisotopic (exact) mass is 844 g/mol. The van der Waals surface area contributed by atoms with Crippen molar-refractivity contribution in [3.8, 4) is 11.6 Å². The second-order valence-corrected chi connectivity index (χ2v) is 20.6. The highest BCUT2D eigenvalue weighted by Crippen LogP contribution is 2.58. The number of ether oxygens (including phenoxy) is 3. The van der Waals surface area contributed by atoms with Crippen LogP contribution < -0.4 is 24.8 Å². The largest absolute Gasteiger partial charge is 0.497 e. The molecule has 1 saturated heterocycles. The van der Waals surface area contributed by atoms with Crippen LogP contribution in [-0.2, 0) is 35.6 Å². The first-order valence-corrected chi connectivity index (χ1v) is 22.4. The molecule has 1 unspecified atom stereocenters. The molecule has 0 spiro atoms. The average molecular weight is 845 g/mol. The molecule has 4 saturated carbocycles. The lowest BCUT2D eigenvalue weighted by molar-refractivity contribution is -0.143. The Balaban J connectivity index is 1.15. The van der Waals surface area contributed by atoms with Crippen molar-refractivity contribution < 1.29 is 50.6 Å². The van der Waals surface area contributed by atoms with Gasteiger partial charge in [-0.25, -0.2) is 32.0 Å². The van der Waals surface area contributed by atoms with E-state index in [9.17, 15) is 36.4 Å². The molecule has 4 aliphatic carbocycles. The first-order chi connectivity index (χ1) is 27.9. The second kappa shape index (κ2) is 15.3. The van der Waals surface area contributed by atoms with E-state index in [0.29, 0.717) is 53.6 Å². The average Bonchev–Trinajstić information content (AvgIpc) is 4.09. The Hall–Kier alpha value is -4.35. The topological polar surface area (TPSA) is 195 Å². The van der Waals surface area contributed by atoms with Crippen molar-refractivity contribution >= 4 is 44.9 Å². The molecule has 0 radical (unpaired) electrons. The minimum Gasteiger partial charge on any atom is -0.497 e. The Morgan fingerprint density at radius 3 is 2.46 bits per heavy atom. The summed E-state index contributed by atoms with van der Waals surface area (Å²) in [5.74, 6) is -3.33. The van der Waals surface area contributed by atoms with Crippen molar-refractivity contribution in [1.82, 2.24) is 30.2 Å². The molecule has 2 aliphatic heterocycles. The van der Waals surface area contributed by atoms with E-state index in [0.717, 1.165) is 38.5 Å². The SMILES string of the molecule is COc1ccc2nc3c(nc2c1)O[C@H]1CN(C(=O)[C@H](C(C)(C)C)NC(=O)O[C@@H]2C[C@@H]4C[C@@H]4[C@H]2CCCCC3)[C@H](C(=O)N[C@]2(C(=O)NS(=O)(=O)C3CC3)CC2C(F)F)[C@@H]1C. The number of alkyl carbamates (subject to hydrolysis) is 1. The Labute approximate surface area is 342 Å². The summed E-state index contributed by atoms with van der Waals surface area (Å²) < 4.78 is 74.2. The maximum atomic E-state index is 14.9. The molecule has 6 aliphatic rings.